The minimum absolute atomic E-state index is 0.148. The topological polar surface area (TPSA) is 54.3 Å². The monoisotopic (exact) mass is 346 g/mol. The van der Waals surface area contributed by atoms with Crippen molar-refractivity contribution in [1.82, 2.24) is 4.57 Å². The van der Waals surface area contributed by atoms with Gasteiger partial charge in [-0.15, -0.1) is 0 Å². The van der Waals surface area contributed by atoms with Crippen molar-refractivity contribution in [2.75, 3.05) is 5.32 Å². The molecule has 1 aromatic heterocycles. The molecular weight excluding hydrogens is 331 g/mol. The van der Waals surface area contributed by atoms with Gasteiger partial charge in [0.2, 0.25) is 0 Å². The maximum Gasteiger partial charge on any atom is 0.337 e. The Kier molecular flexibility index (Phi) is 3.89. The molecule has 0 radical (unpaired) electrons. The molecule has 0 aliphatic rings. The molecule has 4 rings (SSSR count). The van der Waals surface area contributed by atoms with E-state index in [4.69, 9.17) is 0 Å². The van der Waals surface area contributed by atoms with Gasteiger partial charge >= 0.3 is 5.97 Å². The van der Waals surface area contributed by atoms with Gasteiger partial charge in [0, 0.05) is 17.6 Å². The Morgan fingerprint density at radius 3 is 2.50 bits per heavy atom. The number of carboxylic acid groups (broad SMARTS) is 1. The summed E-state index contributed by atoms with van der Waals surface area (Å²) in [5.41, 5.74) is 3.07. The van der Waals surface area contributed by atoms with Crippen molar-refractivity contribution in [3.05, 3.63) is 90.4 Å². The largest absolute Gasteiger partial charge is 0.478 e. The van der Waals surface area contributed by atoms with Gasteiger partial charge in [-0.3, -0.25) is 0 Å². The standard InChI is InChI=1S/C21H15FN2O2/c22-15-5-7-16(8-6-15)23-19-13-17(9-10-18(19)21(25)26)24-12-11-14-3-1-2-4-20(14)24/h1-13,23H,(H,25,26). The number of rotatable bonds is 4. The maximum atomic E-state index is 13.1. The summed E-state index contributed by atoms with van der Waals surface area (Å²) in [5, 5.41) is 13.6. The highest BCUT2D eigenvalue weighted by Gasteiger charge is 2.13. The number of aromatic carboxylic acids is 1. The number of carboxylic acids is 1. The van der Waals surface area contributed by atoms with Crippen molar-refractivity contribution in [2.24, 2.45) is 0 Å². The molecule has 4 nitrogen and oxygen atoms in total. The van der Waals surface area contributed by atoms with Crippen molar-refractivity contribution >= 4 is 28.2 Å². The van der Waals surface area contributed by atoms with Crippen molar-refractivity contribution in [2.45, 2.75) is 0 Å². The third kappa shape index (κ3) is 2.91. The molecule has 5 heteroatoms. The van der Waals surface area contributed by atoms with Crippen LogP contribution in [0.15, 0.2) is 79.0 Å². The quantitative estimate of drug-likeness (QED) is 0.533. The van der Waals surface area contributed by atoms with Crippen LogP contribution in [0, 0.1) is 5.82 Å². The second kappa shape index (κ2) is 6.37. The first-order valence-electron chi connectivity index (χ1n) is 8.08. The van der Waals surface area contributed by atoms with Gasteiger partial charge in [0.15, 0.2) is 0 Å². The van der Waals surface area contributed by atoms with E-state index in [2.05, 4.69) is 5.32 Å². The Bertz CT molecular complexity index is 1100. The van der Waals surface area contributed by atoms with Crippen LogP contribution in [-0.2, 0) is 0 Å². The number of nitrogens with one attached hydrogen (secondary N) is 1. The lowest BCUT2D eigenvalue weighted by molar-refractivity contribution is 0.0698. The fourth-order valence-electron chi connectivity index (χ4n) is 2.97. The first-order chi connectivity index (χ1) is 12.6. The Balaban J connectivity index is 1.80. The molecule has 26 heavy (non-hydrogen) atoms. The predicted octanol–water partition coefficient (Wildman–Crippen LogP) is 5.21. The molecule has 0 atom stereocenters. The first-order valence-corrected chi connectivity index (χ1v) is 8.08. The van der Waals surface area contributed by atoms with E-state index in [1.54, 1.807) is 30.3 Å². The lowest BCUT2D eigenvalue weighted by atomic mass is 10.1. The number of hydrogen-bond donors (Lipinski definition) is 2. The predicted molar refractivity (Wildman–Crippen MR) is 99.9 cm³/mol. The van der Waals surface area contributed by atoms with Gasteiger partial charge in [0.05, 0.1) is 16.8 Å². The number of fused-ring (bicyclic) bond motifs is 1. The number of halogens is 1. The molecule has 0 aliphatic carbocycles. The average Bonchev–Trinajstić information content (AvgIpc) is 3.07. The highest BCUT2D eigenvalue weighted by Crippen LogP contribution is 2.27. The zero-order chi connectivity index (χ0) is 18.1. The summed E-state index contributed by atoms with van der Waals surface area (Å²) in [6.07, 6.45) is 1.95. The molecule has 0 aliphatic heterocycles. The van der Waals surface area contributed by atoms with Gasteiger partial charge < -0.3 is 15.0 Å². The molecule has 128 valence electrons. The molecule has 3 aromatic carbocycles. The van der Waals surface area contributed by atoms with Crippen LogP contribution >= 0.6 is 0 Å². The van der Waals surface area contributed by atoms with Gasteiger partial charge in [-0.05, 0) is 60.0 Å². The Morgan fingerprint density at radius 1 is 0.962 bits per heavy atom. The minimum atomic E-state index is -1.03. The second-order valence-corrected chi connectivity index (χ2v) is 5.91. The minimum Gasteiger partial charge on any atom is -0.478 e. The van der Waals surface area contributed by atoms with Crippen molar-refractivity contribution in [3.8, 4) is 5.69 Å². The molecule has 0 saturated carbocycles. The third-order valence-electron chi connectivity index (χ3n) is 4.23. The highest BCUT2D eigenvalue weighted by atomic mass is 19.1. The van der Waals surface area contributed by atoms with Crippen molar-refractivity contribution in [3.63, 3.8) is 0 Å². The van der Waals surface area contributed by atoms with E-state index in [9.17, 15) is 14.3 Å². The zero-order valence-electron chi connectivity index (χ0n) is 13.7. The molecular formula is C21H15FN2O2. The number of hydrogen-bond acceptors (Lipinski definition) is 2. The van der Waals surface area contributed by atoms with Crippen LogP contribution in [0.3, 0.4) is 0 Å². The third-order valence-corrected chi connectivity index (χ3v) is 4.23. The van der Waals surface area contributed by atoms with Crippen molar-refractivity contribution < 1.29 is 14.3 Å². The van der Waals surface area contributed by atoms with Crippen LogP contribution in [0.1, 0.15) is 10.4 Å². The fourth-order valence-corrected chi connectivity index (χ4v) is 2.97. The SMILES string of the molecule is O=C(O)c1ccc(-n2ccc3ccccc32)cc1Nc1ccc(F)cc1. The zero-order valence-corrected chi connectivity index (χ0v) is 13.7. The first kappa shape index (κ1) is 15.9. The second-order valence-electron chi connectivity index (χ2n) is 5.91. The van der Waals surface area contributed by atoms with Gasteiger partial charge in [-0.1, -0.05) is 18.2 Å². The number of nitrogens with zero attached hydrogens (tertiary/aromatic N) is 1. The highest BCUT2D eigenvalue weighted by molar-refractivity contribution is 5.96. The van der Waals surface area contributed by atoms with Crippen LogP contribution in [0.2, 0.25) is 0 Å². The average molecular weight is 346 g/mol. The fraction of sp³-hybridized carbons (Fsp3) is 0. The van der Waals surface area contributed by atoms with Crippen LogP contribution in [0.4, 0.5) is 15.8 Å². The lowest BCUT2D eigenvalue weighted by Gasteiger charge is -2.13. The van der Waals surface area contributed by atoms with E-state index in [0.29, 0.717) is 11.4 Å². The Labute approximate surface area is 149 Å². The van der Waals surface area contributed by atoms with Crippen LogP contribution < -0.4 is 5.32 Å². The Hall–Kier alpha value is -3.60. The van der Waals surface area contributed by atoms with E-state index >= 15 is 0 Å². The van der Waals surface area contributed by atoms with E-state index in [0.717, 1.165) is 16.6 Å². The summed E-state index contributed by atoms with van der Waals surface area (Å²) in [5.74, 6) is -1.37. The van der Waals surface area contributed by atoms with Crippen LogP contribution in [-0.4, -0.2) is 15.6 Å². The molecule has 0 bridgehead atoms. The molecule has 4 aromatic rings. The molecule has 0 fully saturated rings. The van der Waals surface area contributed by atoms with E-state index in [-0.39, 0.29) is 11.4 Å². The summed E-state index contributed by atoms with van der Waals surface area (Å²) in [4.78, 5) is 11.6. The van der Waals surface area contributed by atoms with Crippen molar-refractivity contribution in [1.29, 1.82) is 0 Å². The normalized spacial score (nSPS) is 10.8. The maximum absolute atomic E-state index is 13.1. The number of benzene rings is 3. The van der Waals surface area contributed by atoms with Gasteiger partial charge in [0.1, 0.15) is 5.82 Å². The molecule has 2 N–H and O–H groups in total. The van der Waals surface area contributed by atoms with Gasteiger partial charge in [-0.25, -0.2) is 9.18 Å². The lowest BCUT2D eigenvalue weighted by Crippen LogP contribution is -2.04. The molecule has 0 spiro atoms. The molecule has 1 heterocycles. The molecule has 0 amide bonds. The van der Waals surface area contributed by atoms with Crippen LogP contribution in [0.25, 0.3) is 16.6 Å². The van der Waals surface area contributed by atoms with Gasteiger partial charge in [-0.2, -0.15) is 0 Å². The van der Waals surface area contributed by atoms with E-state index in [1.807, 2.05) is 41.1 Å². The smallest absolute Gasteiger partial charge is 0.337 e. The number of anilines is 2. The summed E-state index contributed by atoms with van der Waals surface area (Å²) in [7, 11) is 0. The number of carbonyl (C=O) groups is 1. The number of aromatic nitrogens is 1. The molecule has 0 saturated heterocycles. The summed E-state index contributed by atoms with van der Waals surface area (Å²) >= 11 is 0. The number of para-hydroxylation sites is 1. The Morgan fingerprint density at radius 2 is 1.73 bits per heavy atom. The summed E-state index contributed by atoms with van der Waals surface area (Å²) in [6.45, 7) is 0. The van der Waals surface area contributed by atoms with E-state index in [1.165, 1.54) is 12.1 Å². The summed E-state index contributed by atoms with van der Waals surface area (Å²) in [6, 6.07) is 20.9. The summed E-state index contributed by atoms with van der Waals surface area (Å²) < 4.78 is 15.1. The van der Waals surface area contributed by atoms with Crippen LogP contribution in [0.5, 0.6) is 0 Å². The van der Waals surface area contributed by atoms with E-state index < -0.39 is 5.97 Å². The molecule has 0 unspecified atom stereocenters. The van der Waals surface area contributed by atoms with Gasteiger partial charge in [0.25, 0.3) is 0 Å².